The van der Waals surface area contributed by atoms with Crippen LogP contribution in [0.15, 0.2) is 42.5 Å². The van der Waals surface area contributed by atoms with Crippen LogP contribution < -0.4 is 15.2 Å². The first-order chi connectivity index (χ1) is 15.7. The summed E-state index contributed by atoms with van der Waals surface area (Å²) in [6.07, 6.45) is 5.37. The van der Waals surface area contributed by atoms with Crippen molar-refractivity contribution in [3.63, 3.8) is 0 Å². The van der Waals surface area contributed by atoms with Crippen molar-refractivity contribution in [3.05, 3.63) is 48.0 Å². The molecule has 2 aromatic carbocycles. The van der Waals surface area contributed by atoms with Crippen LogP contribution in [0.4, 0.5) is 0 Å². The molecule has 0 amide bonds. The fourth-order valence-electron chi connectivity index (χ4n) is 3.39. The second kappa shape index (κ2) is 13.1. The van der Waals surface area contributed by atoms with Gasteiger partial charge in [-0.05, 0) is 54.2 Å². The molecule has 0 aliphatic carbocycles. The average molecular weight is 482 g/mol. The van der Waals surface area contributed by atoms with Gasteiger partial charge >= 0.3 is 7.82 Å². The van der Waals surface area contributed by atoms with Gasteiger partial charge in [0.15, 0.2) is 0 Å². The van der Waals surface area contributed by atoms with E-state index in [2.05, 4.69) is 11.4 Å². The molecule has 0 aromatic heterocycles. The van der Waals surface area contributed by atoms with Crippen molar-refractivity contribution in [3.8, 4) is 22.6 Å². The van der Waals surface area contributed by atoms with E-state index in [4.69, 9.17) is 25.0 Å². The van der Waals surface area contributed by atoms with Crippen LogP contribution in [-0.2, 0) is 15.5 Å². The number of unbranched alkanes of at least 4 members (excludes halogenated alkanes) is 3. The number of aliphatic hydroxyl groups excluding tert-OH is 1. The Labute approximate surface area is 195 Å². The molecule has 2 rings (SSSR count). The molecule has 0 heterocycles. The molecule has 2 aromatic rings. The number of nitrogens with two attached hydrogens (primary N) is 1. The molecule has 8 nitrogen and oxygen atoms in total. The highest BCUT2D eigenvalue weighted by molar-refractivity contribution is 7.46. The van der Waals surface area contributed by atoms with Crippen molar-refractivity contribution in [2.75, 3.05) is 26.9 Å². The summed E-state index contributed by atoms with van der Waals surface area (Å²) < 4.78 is 26.8. The summed E-state index contributed by atoms with van der Waals surface area (Å²) >= 11 is 0. The largest absolute Gasteiger partial charge is 0.496 e. The van der Waals surface area contributed by atoms with Gasteiger partial charge in [-0.25, -0.2) is 4.57 Å². The number of methoxy groups -OCH3 is 1. The summed E-state index contributed by atoms with van der Waals surface area (Å²) in [7, 11) is -3.09. The van der Waals surface area contributed by atoms with E-state index in [0.717, 1.165) is 35.5 Å². The third kappa shape index (κ3) is 9.45. The fraction of sp³-hybridized carbons (Fsp3) is 0.500. The summed E-state index contributed by atoms with van der Waals surface area (Å²) in [5, 5.41) is 9.59. The summed E-state index contributed by atoms with van der Waals surface area (Å²) in [6, 6.07) is 13.8. The highest BCUT2D eigenvalue weighted by Crippen LogP contribution is 2.37. The Kier molecular flexibility index (Phi) is 10.8. The molecule has 0 aliphatic heterocycles. The van der Waals surface area contributed by atoms with Crippen molar-refractivity contribution >= 4 is 7.82 Å². The van der Waals surface area contributed by atoms with Gasteiger partial charge in [0, 0.05) is 0 Å². The Morgan fingerprint density at radius 3 is 2.33 bits per heavy atom. The summed E-state index contributed by atoms with van der Waals surface area (Å²) in [5.41, 5.74) is 7.66. The predicted molar refractivity (Wildman–Crippen MR) is 128 cm³/mol. The van der Waals surface area contributed by atoms with Crippen molar-refractivity contribution < 1.29 is 33.5 Å². The Hall–Kier alpha value is -1.93. The molecule has 9 heteroatoms. The monoisotopic (exact) mass is 481 g/mol. The van der Waals surface area contributed by atoms with E-state index >= 15 is 0 Å². The number of hydrogen-bond acceptors (Lipinski definition) is 6. The quantitative estimate of drug-likeness (QED) is 0.221. The van der Waals surface area contributed by atoms with Gasteiger partial charge in [0.05, 0.1) is 32.5 Å². The smallest absolute Gasteiger partial charge is 0.469 e. The van der Waals surface area contributed by atoms with E-state index in [-0.39, 0.29) is 6.42 Å². The number of rotatable bonds is 15. The van der Waals surface area contributed by atoms with Gasteiger partial charge < -0.3 is 30.1 Å². The zero-order valence-electron chi connectivity index (χ0n) is 19.4. The Balaban J connectivity index is 2.01. The van der Waals surface area contributed by atoms with E-state index in [1.54, 1.807) is 7.11 Å². The van der Waals surface area contributed by atoms with Crippen LogP contribution in [0.25, 0.3) is 11.1 Å². The first-order valence-electron chi connectivity index (χ1n) is 11.2. The minimum atomic E-state index is -4.67. The van der Waals surface area contributed by atoms with Crippen LogP contribution in [0.1, 0.15) is 44.6 Å². The van der Waals surface area contributed by atoms with Crippen LogP contribution in [-0.4, -0.2) is 47.4 Å². The van der Waals surface area contributed by atoms with Gasteiger partial charge in [-0.2, -0.15) is 0 Å². The maximum atomic E-state index is 11.0. The third-order valence-corrected chi connectivity index (χ3v) is 5.93. The molecule has 0 saturated heterocycles. The molecule has 0 fully saturated rings. The fourth-order valence-corrected chi connectivity index (χ4v) is 3.81. The van der Waals surface area contributed by atoms with E-state index in [9.17, 15) is 9.67 Å². The number of hydrogen-bond donors (Lipinski definition) is 4. The lowest BCUT2D eigenvalue weighted by atomic mass is 9.92. The first kappa shape index (κ1) is 27.3. The molecule has 0 saturated carbocycles. The molecule has 0 radical (unpaired) electrons. The highest BCUT2D eigenvalue weighted by atomic mass is 31.2. The van der Waals surface area contributed by atoms with Gasteiger partial charge in [-0.3, -0.25) is 4.52 Å². The molecule has 184 valence electrons. The lowest BCUT2D eigenvalue weighted by Gasteiger charge is -2.27. The molecule has 5 N–H and O–H groups in total. The number of phosphoric acid groups is 1. The van der Waals surface area contributed by atoms with Crippen LogP contribution in [0, 0.1) is 0 Å². The van der Waals surface area contributed by atoms with Crippen LogP contribution in [0.3, 0.4) is 0 Å². The van der Waals surface area contributed by atoms with Crippen LogP contribution in [0.5, 0.6) is 11.5 Å². The lowest BCUT2D eigenvalue weighted by molar-refractivity contribution is 0.102. The van der Waals surface area contributed by atoms with Gasteiger partial charge in [0.1, 0.15) is 11.5 Å². The van der Waals surface area contributed by atoms with Crippen molar-refractivity contribution in [2.24, 2.45) is 5.73 Å². The highest BCUT2D eigenvalue weighted by Gasteiger charge is 2.29. The number of aliphatic hydroxyl groups is 1. The second-order valence-electron chi connectivity index (χ2n) is 8.24. The summed E-state index contributed by atoms with van der Waals surface area (Å²) in [6.45, 7) is 1.98. The molecule has 33 heavy (non-hydrogen) atoms. The molecule has 0 spiro atoms. The Morgan fingerprint density at radius 2 is 1.73 bits per heavy atom. The Bertz CT molecular complexity index is 900. The van der Waals surface area contributed by atoms with Gasteiger partial charge in [0.2, 0.25) is 0 Å². The van der Waals surface area contributed by atoms with E-state index in [1.807, 2.05) is 42.5 Å². The zero-order valence-corrected chi connectivity index (χ0v) is 20.3. The SMILES string of the molecule is CCCCCCOc1ccc(-c2ccc(CCC(N)(CO)COP(=O)(O)O)c(OC)c2)cc1. The number of phosphoric ester groups is 1. The minimum absolute atomic E-state index is 0.253. The summed E-state index contributed by atoms with van der Waals surface area (Å²) in [4.78, 5) is 17.8. The molecule has 1 atom stereocenters. The molecule has 1 unspecified atom stereocenters. The van der Waals surface area contributed by atoms with Crippen molar-refractivity contribution in [1.82, 2.24) is 0 Å². The van der Waals surface area contributed by atoms with Gasteiger partial charge in [-0.15, -0.1) is 0 Å². The lowest BCUT2D eigenvalue weighted by Crippen LogP contribution is -2.48. The first-order valence-corrected chi connectivity index (χ1v) is 12.7. The predicted octanol–water partition coefficient (Wildman–Crippen LogP) is 4.05. The second-order valence-corrected chi connectivity index (χ2v) is 9.48. The molecule has 0 aliphatic rings. The number of aryl methyl sites for hydroxylation is 1. The zero-order chi connectivity index (χ0) is 24.3. The molecular weight excluding hydrogens is 445 g/mol. The van der Waals surface area contributed by atoms with Gasteiger partial charge in [0.25, 0.3) is 0 Å². The maximum Gasteiger partial charge on any atom is 0.469 e. The van der Waals surface area contributed by atoms with Gasteiger partial charge in [-0.1, -0.05) is 50.5 Å². The normalized spacial score (nSPS) is 13.5. The van der Waals surface area contributed by atoms with E-state index < -0.39 is 26.6 Å². The van der Waals surface area contributed by atoms with E-state index in [0.29, 0.717) is 12.2 Å². The summed E-state index contributed by atoms with van der Waals surface area (Å²) in [5.74, 6) is 1.51. The standard InChI is InChI=1S/C24H36NO7P/c1-3-4-5-6-15-31-22-11-9-19(10-12-22)21-8-7-20(23(16-21)30-2)13-14-24(25,17-26)18-32-33(27,28)29/h7-12,16,26H,3-6,13-15,17-18,25H2,1-2H3,(H2,27,28,29). The van der Waals surface area contributed by atoms with Crippen molar-refractivity contribution in [1.29, 1.82) is 0 Å². The molecular formula is C24H36NO7P. The van der Waals surface area contributed by atoms with Crippen LogP contribution in [0.2, 0.25) is 0 Å². The van der Waals surface area contributed by atoms with Crippen LogP contribution >= 0.6 is 7.82 Å². The Morgan fingerprint density at radius 1 is 1.03 bits per heavy atom. The van der Waals surface area contributed by atoms with E-state index in [1.165, 1.54) is 19.3 Å². The maximum absolute atomic E-state index is 11.0. The minimum Gasteiger partial charge on any atom is -0.496 e. The van der Waals surface area contributed by atoms with Crippen molar-refractivity contribution in [2.45, 2.75) is 51.0 Å². The average Bonchev–Trinajstić information content (AvgIpc) is 2.81. The molecule has 0 bridgehead atoms. The topological polar surface area (TPSA) is 131 Å². The third-order valence-electron chi connectivity index (χ3n) is 5.47. The number of ether oxygens (including phenoxy) is 2. The number of benzene rings is 2.